The van der Waals surface area contributed by atoms with Crippen molar-refractivity contribution in [3.05, 3.63) is 395 Å². The molecular weight excluding hydrogens is 1430 g/mol. The van der Waals surface area contributed by atoms with Crippen molar-refractivity contribution in [1.29, 1.82) is 0 Å². The van der Waals surface area contributed by atoms with Crippen LogP contribution in [0.2, 0.25) is 0 Å². The van der Waals surface area contributed by atoms with Crippen LogP contribution in [0.3, 0.4) is 0 Å². The van der Waals surface area contributed by atoms with Crippen molar-refractivity contribution < 1.29 is 4.42 Å². The minimum atomic E-state index is -0.142. The number of para-hydroxylation sites is 11. The first-order chi connectivity index (χ1) is 57.3. The Kier molecular flexibility index (Phi) is 14.7. The Hall–Kier alpha value is -16.2. The maximum absolute atomic E-state index is 14.2. The molecule has 544 valence electrons. The lowest BCUT2D eigenvalue weighted by Crippen LogP contribution is -2.21. The number of imidazole rings is 3. The summed E-state index contributed by atoms with van der Waals surface area (Å²) in [5, 5.41) is 13.0. The third-order valence-electron chi connectivity index (χ3n) is 22.5. The molecular formula is C100H60N12O4. The number of fused-ring (bicyclic) bond motifs is 27. The molecule has 9 aromatic heterocycles. The van der Waals surface area contributed by atoms with Gasteiger partial charge in [-0.05, 0) is 166 Å². The van der Waals surface area contributed by atoms with E-state index in [4.69, 9.17) is 29.3 Å². The molecule has 0 amide bonds. The number of benzene rings is 16. The van der Waals surface area contributed by atoms with Gasteiger partial charge in [0.15, 0.2) is 5.82 Å². The van der Waals surface area contributed by atoms with Crippen LogP contribution in [0, 0.1) is 0 Å². The molecule has 0 unspecified atom stereocenters. The minimum Gasteiger partial charge on any atom is -0.438 e. The highest BCUT2D eigenvalue weighted by molar-refractivity contribution is 6.25. The van der Waals surface area contributed by atoms with Gasteiger partial charge in [0.25, 0.3) is 16.7 Å². The van der Waals surface area contributed by atoms with Crippen molar-refractivity contribution in [2.45, 2.75) is 0 Å². The molecule has 0 saturated carbocycles. The monoisotopic (exact) mass is 1490 g/mol. The Morgan fingerprint density at radius 1 is 0.224 bits per heavy atom. The van der Waals surface area contributed by atoms with E-state index >= 15 is 0 Å². The zero-order chi connectivity index (χ0) is 76.8. The van der Waals surface area contributed by atoms with Gasteiger partial charge in [-0.25, -0.2) is 33.6 Å². The highest BCUT2D eigenvalue weighted by atomic mass is 16.3. The quantitative estimate of drug-likeness (QED) is 0.148. The Labute approximate surface area is 656 Å². The second-order valence-corrected chi connectivity index (χ2v) is 29.0. The lowest BCUT2D eigenvalue weighted by molar-refractivity contribution is 0.653. The van der Waals surface area contributed by atoms with Gasteiger partial charge < -0.3 is 8.98 Å². The fourth-order valence-electron chi connectivity index (χ4n) is 17.4. The molecule has 0 saturated heterocycles. The van der Waals surface area contributed by atoms with Crippen molar-refractivity contribution in [2.24, 2.45) is 0 Å². The Morgan fingerprint density at radius 3 is 1.08 bits per heavy atom. The summed E-state index contributed by atoms with van der Waals surface area (Å²) < 4.78 is 20.0. The summed E-state index contributed by atoms with van der Waals surface area (Å²) in [6.45, 7) is 0. The summed E-state index contributed by atoms with van der Waals surface area (Å²) in [5.41, 5.74) is 16.8. The maximum Gasteiger partial charge on any atom is 0.267 e. The van der Waals surface area contributed by atoms with E-state index in [0.29, 0.717) is 56.3 Å². The Bertz CT molecular complexity index is 8540. The number of hydrogen-bond donors (Lipinski definition) is 0. The summed E-state index contributed by atoms with van der Waals surface area (Å²) in [5.74, 6) is 2.35. The van der Waals surface area contributed by atoms with Crippen LogP contribution in [0.25, 0.3) is 205 Å². The van der Waals surface area contributed by atoms with E-state index in [1.165, 1.54) is 37.7 Å². The van der Waals surface area contributed by atoms with Gasteiger partial charge in [0.2, 0.25) is 23.0 Å². The summed E-state index contributed by atoms with van der Waals surface area (Å²) in [6.07, 6.45) is 0. The topological polar surface area (TPSA) is 162 Å². The standard InChI is InChI=1S/C36H21N5O2.C32H20N4O.C32H19N3O/c42-35-25-15-7-9-17-28(25)41-29-18-10-8-16-27(29)37-36(41)40(35)24-19-20-30-26(21-24)31-32(22-11-3-1-4-12-22)38-33(39-34(31)43-30)23-13-5-2-6-14-23;37-31-25-20-22(34-27-15-7-4-12-23(27)24-13-5-8-16-28(24)34)18-19-29(25)36-30-17-9-6-14-26(30)33-32(36)35(31)21-10-2-1-3-11-21;36-31-26-13-5-7-15-29(26)35-30-16-8-6-14-28(30)33-32(35)34(31)20-17-18-25-23-11-2-1-9-21(23)22-10-3-4-12-24(22)27(25)19-20/h1-21H;1-20H;1-19H. The average Bonchev–Trinajstić information content (AvgIpc) is 1.49. The molecule has 16 nitrogen and oxygen atoms in total. The van der Waals surface area contributed by atoms with E-state index in [1.807, 2.05) is 241 Å². The van der Waals surface area contributed by atoms with Gasteiger partial charge in [-0.2, -0.15) is 4.98 Å². The molecule has 0 bridgehead atoms. The molecule has 0 spiro atoms. The number of furan rings is 1. The Balaban J connectivity index is 0.000000103. The SMILES string of the molecule is O=c1c2cc(-n3c4ccccc4c4ccccc43)ccc2n2c3ccccc3nc2n1-c1ccccc1.O=c1c2ccccc2n2c3ccccc3nc2n1-c1ccc2c3ccccc3c3ccccc3c2c1.O=c1c2ccccc2n2c3ccccc3nc2n1-c1ccc2oc3nc(-c4ccccc4)nc(-c4ccccc4)c3c2c1. The van der Waals surface area contributed by atoms with Crippen molar-refractivity contribution in [2.75, 3.05) is 0 Å². The third kappa shape index (κ3) is 10.1. The fourth-order valence-corrected chi connectivity index (χ4v) is 17.4. The van der Waals surface area contributed by atoms with E-state index in [-0.39, 0.29) is 16.7 Å². The molecule has 25 aromatic rings. The molecule has 0 aliphatic rings. The highest BCUT2D eigenvalue weighted by Gasteiger charge is 2.25. The molecule has 0 atom stereocenters. The van der Waals surface area contributed by atoms with Crippen molar-refractivity contribution >= 4 is 159 Å². The molecule has 25 rings (SSSR count). The van der Waals surface area contributed by atoms with E-state index < -0.39 is 0 Å². The third-order valence-corrected chi connectivity index (χ3v) is 22.5. The molecule has 16 aromatic carbocycles. The summed E-state index contributed by atoms with van der Waals surface area (Å²) >= 11 is 0. The normalized spacial score (nSPS) is 11.9. The second-order valence-electron chi connectivity index (χ2n) is 29.0. The van der Waals surface area contributed by atoms with Gasteiger partial charge in [-0.15, -0.1) is 0 Å². The molecule has 0 aliphatic heterocycles. The summed E-state index contributed by atoms with van der Waals surface area (Å²) in [4.78, 5) is 66.8. The zero-order valence-corrected chi connectivity index (χ0v) is 61.6. The van der Waals surface area contributed by atoms with E-state index in [9.17, 15) is 14.4 Å². The van der Waals surface area contributed by atoms with E-state index in [2.05, 4.69) is 141 Å². The van der Waals surface area contributed by atoms with Crippen LogP contribution < -0.4 is 16.7 Å². The van der Waals surface area contributed by atoms with Gasteiger partial charge in [-0.3, -0.25) is 27.6 Å². The Morgan fingerprint density at radius 2 is 0.569 bits per heavy atom. The molecule has 0 N–H and O–H groups in total. The van der Waals surface area contributed by atoms with Gasteiger partial charge in [0.1, 0.15) is 5.58 Å². The van der Waals surface area contributed by atoms with Crippen LogP contribution in [-0.4, -0.2) is 56.4 Å². The van der Waals surface area contributed by atoms with Gasteiger partial charge in [-0.1, -0.05) is 231 Å². The van der Waals surface area contributed by atoms with Crippen LogP contribution in [-0.2, 0) is 0 Å². The lowest BCUT2D eigenvalue weighted by atomic mass is 9.94. The summed E-state index contributed by atoms with van der Waals surface area (Å²) in [7, 11) is 0. The predicted octanol–water partition coefficient (Wildman–Crippen LogP) is 22.0. The number of aromatic nitrogens is 12. The van der Waals surface area contributed by atoms with E-state index in [0.717, 1.165) is 111 Å². The first-order valence-electron chi connectivity index (χ1n) is 38.3. The first-order valence-corrected chi connectivity index (χ1v) is 38.3. The highest BCUT2D eigenvalue weighted by Crippen LogP contribution is 2.41. The van der Waals surface area contributed by atoms with Crippen LogP contribution >= 0.6 is 0 Å². The largest absolute Gasteiger partial charge is 0.438 e. The molecule has 0 radical (unpaired) electrons. The lowest BCUT2D eigenvalue weighted by Gasteiger charge is -2.14. The number of rotatable bonds is 6. The van der Waals surface area contributed by atoms with Crippen LogP contribution in [0.1, 0.15) is 0 Å². The maximum atomic E-state index is 14.2. The second kappa shape index (κ2) is 26.0. The average molecular weight is 1490 g/mol. The van der Waals surface area contributed by atoms with Crippen molar-refractivity contribution in [3.63, 3.8) is 0 Å². The number of hydrogen-bond acceptors (Lipinski definition) is 9. The first kappa shape index (κ1) is 65.7. The molecule has 0 aliphatic carbocycles. The fraction of sp³-hybridized carbons (Fsp3) is 0. The van der Waals surface area contributed by atoms with E-state index in [1.54, 1.807) is 13.7 Å². The zero-order valence-electron chi connectivity index (χ0n) is 61.6. The van der Waals surface area contributed by atoms with Crippen molar-refractivity contribution in [3.8, 4) is 45.4 Å². The van der Waals surface area contributed by atoms with Crippen LogP contribution in [0.15, 0.2) is 383 Å². The van der Waals surface area contributed by atoms with Gasteiger partial charge >= 0.3 is 0 Å². The molecule has 116 heavy (non-hydrogen) atoms. The predicted molar refractivity (Wildman–Crippen MR) is 468 cm³/mol. The van der Waals surface area contributed by atoms with Crippen molar-refractivity contribution in [1.82, 2.24) is 56.4 Å². The smallest absolute Gasteiger partial charge is 0.267 e. The van der Waals surface area contributed by atoms with Crippen LogP contribution in [0.5, 0.6) is 0 Å². The van der Waals surface area contributed by atoms with Gasteiger partial charge in [0.05, 0.1) is 105 Å². The minimum absolute atomic E-state index is 0.0714. The van der Waals surface area contributed by atoms with Gasteiger partial charge in [0, 0.05) is 33.0 Å². The number of nitrogens with zero attached hydrogens (tertiary/aromatic N) is 12. The molecule has 16 heteroatoms. The summed E-state index contributed by atoms with van der Waals surface area (Å²) in [6, 6.07) is 121. The molecule has 9 heterocycles. The molecule has 0 fully saturated rings. The van der Waals surface area contributed by atoms with Crippen LogP contribution in [0.4, 0.5) is 0 Å².